The maximum atomic E-state index is 12.2. The lowest BCUT2D eigenvalue weighted by Crippen LogP contribution is -2.14. The lowest BCUT2D eigenvalue weighted by molar-refractivity contribution is 0.0696. The van der Waals surface area contributed by atoms with Crippen LogP contribution in [0.1, 0.15) is 15.9 Å². The zero-order chi connectivity index (χ0) is 15.6. The first-order valence-electron chi connectivity index (χ1n) is 5.78. The number of anilines is 1. The minimum Gasteiger partial charge on any atom is -0.478 e. The summed E-state index contributed by atoms with van der Waals surface area (Å²) in [6.45, 7) is 1.59. The number of carboxylic acid groups (broad SMARTS) is 1. The maximum absolute atomic E-state index is 12.2. The summed E-state index contributed by atoms with van der Waals surface area (Å²) in [6.07, 6.45) is 1.43. The van der Waals surface area contributed by atoms with Gasteiger partial charge in [-0.15, -0.1) is 0 Å². The number of pyridine rings is 1. The number of carbonyl (C=O) groups is 1. The van der Waals surface area contributed by atoms with Gasteiger partial charge in [0.25, 0.3) is 10.0 Å². The summed E-state index contributed by atoms with van der Waals surface area (Å²) in [4.78, 5) is 14.7. The first kappa shape index (κ1) is 15.3. The van der Waals surface area contributed by atoms with Crippen LogP contribution >= 0.6 is 11.6 Å². The first-order chi connectivity index (χ1) is 9.81. The average Bonchev–Trinajstić information content (AvgIpc) is 2.41. The molecule has 2 aromatic rings. The Hall–Kier alpha value is -2.12. The largest absolute Gasteiger partial charge is 0.478 e. The highest BCUT2D eigenvalue weighted by Gasteiger charge is 2.19. The Morgan fingerprint density at radius 2 is 2.05 bits per heavy atom. The van der Waals surface area contributed by atoms with Crippen molar-refractivity contribution >= 4 is 33.3 Å². The Labute approximate surface area is 126 Å². The van der Waals surface area contributed by atoms with Gasteiger partial charge in [-0.1, -0.05) is 17.7 Å². The summed E-state index contributed by atoms with van der Waals surface area (Å²) in [5.74, 6) is -1.19. The van der Waals surface area contributed by atoms with Crippen LogP contribution in [0.2, 0.25) is 5.15 Å². The zero-order valence-corrected chi connectivity index (χ0v) is 12.4. The van der Waals surface area contributed by atoms with Crippen LogP contribution in [-0.4, -0.2) is 24.5 Å². The number of carboxylic acids is 1. The van der Waals surface area contributed by atoms with Crippen molar-refractivity contribution in [1.82, 2.24) is 4.98 Å². The number of aromatic nitrogens is 1. The van der Waals surface area contributed by atoms with Crippen LogP contribution in [0, 0.1) is 6.92 Å². The average molecular weight is 327 g/mol. The van der Waals surface area contributed by atoms with Gasteiger partial charge in [-0.05, 0) is 36.8 Å². The van der Waals surface area contributed by atoms with E-state index in [1.54, 1.807) is 6.92 Å². The van der Waals surface area contributed by atoms with Crippen LogP contribution in [-0.2, 0) is 10.0 Å². The molecule has 0 saturated carbocycles. The highest BCUT2D eigenvalue weighted by atomic mass is 35.5. The smallest absolute Gasteiger partial charge is 0.335 e. The summed E-state index contributed by atoms with van der Waals surface area (Å²) in [6, 6.07) is 6.85. The molecule has 0 aliphatic rings. The number of benzene rings is 1. The molecule has 110 valence electrons. The number of nitrogens with one attached hydrogen (secondary N) is 1. The van der Waals surface area contributed by atoms with Gasteiger partial charge in [0, 0.05) is 6.20 Å². The first-order valence-corrected chi connectivity index (χ1v) is 7.64. The Morgan fingerprint density at radius 3 is 2.67 bits per heavy atom. The Bertz CT molecular complexity index is 806. The quantitative estimate of drug-likeness (QED) is 0.842. The number of hydrogen-bond acceptors (Lipinski definition) is 4. The van der Waals surface area contributed by atoms with E-state index in [1.165, 1.54) is 30.5 Å². The summed E-state index contributed by atoms with van der Waals surface area (Å²) in [5, 5.41) is 9.05. The minimum absolute atomic E-state index is 0.00615. The Balaban J connectivity index is 2.43. The van der Waals surface area contributed by atoms with Crippen LogP contribution in [0.15, 0.2) is 41.4 Å². The summed E-state index contributed by atoms with van der Waals surface area (Å²) in [7, 11) is -3.95. The van der Waals surface area contributed by atoms with E-state index in [-0.39, 0.29) is 21.3 Å². The number of halogens is 1. The molecule has 0 fully saturated rings. The predicted molar refractivity (Wildman–Crippen MR) is 78.2 cm³/mol. The second-order valence-corrected chi connectivity index (χ2v) is 6.27. The molecule has 1 aromatic heterocycles. The molecule has 0 atom stereocenters. The molecule has 0 spiro atoms. The number of nitrogens with zero attached hydrogens (tertiary/aromatic N) is 1. The number of aromatic carboxylic acids is 1. The van der Waals surface area contributed by atoms with Crippen molar-refractivity contribution in [2.75, 3.05) is 4.72 Å². The highest BCUT2D eigenvalue weighted by molar-refractivity contribution is 7.92. The third kappa shape index (κ3) is 3.32. The van der Waals surface area contributed by atoms with Crippen molar-refractivity contribution < 1.29 is 18.3 Å². The van der Waals surface area contributed by atoms with Gasteiger partial charge in [0.2, 0.25) is 0 Å². The normalized spacial score (nSPS) is 11.1. The molecule has 21 heavy (non-hydrogen) atoms. The van der Waals surface area contributed by atoms with Gasteiger partial charge >= 0.3 is 5.97 Å². The number of aryl methyl sites for hydroxylation is 1. The van der Waals surface area contributed by atoms with Crippen molar-refractivity contribution in [3.05, 3.63) is 52.8 Å². The van der Waals surface area contributed by atoms with Gasteiger partial charge < -0.3 is 5.11 Å². The topological polar surface area (TPSA) is 96.4 Å². The summed E-state index contributed by atoms with van der Waals surface area (Å²) in [5.41, 5.74) is 0.521. The van der Waals surface area contributed by atoms with E-state index in [0.717, 1.165) is 6.07 Å². The molecule has 1 heterocycles. The van der Waals surface area contributed by atoms with E-state index in [2.05, 4.69) is 9.71 Å². The zero-order valence-electron chi connectivity index (χ0n) is 10.9. The lowest BCUT2D eigenvalue weighted by atomic mass is 10.1. The van der Waals surface area contributed by atoms with Crippen LogP contribution in [0.3, 0.4) is 0 Å². The number of sulfonamides is 1. The van der Waals surface area contributed by atoms with Crippen LogP contribution in [0.5, 0.6) is 0 Å². The predicted octanol–water partition coefficient (Wildman–Crippen LogP) is 2.54. The van der Waals surface area contributed by atoms with Crippen molar-refractivity contribution in [1.29, 1.82) is 0 Å². The lowest BCUT2D eigenvalue weighted by Gasteiger charge is -2.10. The summed E-state index contributed by atoms with van der Waals surface area (Å²) < 4.78 is 26.8. The van der Waals surface area contributed by atoms with E-state index in [0.29, 0.717) is 5.56 Å². The molecule has 0 saturated heterocycles. The second-order valence-electron chi connectivity index (χ2n) is 4.23. The number of rotatable bonds is 4. The van der Waals surface area contributed by atoms with Crippen molar-refractivity contribution in [2.45, 2.75) is 11.8 Å². The Morgan fingerprint density at radius 1 is 1.33 bits per heavy atom. The molecule has 0 aliphatic heterocycles. The monoisotopic (exact) mass is 326 g/mol. The second kappa shape index (κ2) is 5.71. The molecule has 6 nitrogen and oxygen atoms in total. The van der Waals surface area contributed by atoms with Gasteiger partial charge in [0.1, 0.15) is 0 Å². The van der Waals surface area contributed by atoms with Gasteiger partial charge in [0.05, 0.1) is 16.1 Å². The SMILES string of the molecule is Cc1ccc(S(=O)(=O)Nc2cccnc2Cl)cc1C(=O)O. The number of hydrogen-bond donors (Lipinski definition) is 2. The van der Waals surface area contributed by atoms with Crippen LogP contribution in [0.4, 0.5) is 5.69 Å². The van der Waals surface area contributed by atoms with Crippen LogP contribution in [0.25, 0.3) is 0 Å². The molecular weight excluding hydrogens is 316 g/mol. The van der Waals surface area contributed by atoms with Gasteiger partial charge in [-0.25, -0.2) is 18.2 Å². The summed E-state index contributed by atoms with van der Waals surface area (Å²) >= 11 is 5.79. The van der Waals surface area contributed by atoms with Gasteiger partial charge in [-0.3, -0.25) is 4.72 Å². The van der Waals surface area contributed by atoms with E-state index < -0.39 is 16.0 Å². The van der Waals surface area contributed by atoms with E-state index in [4.69, 9.17) is 16.7 Å². The van der Waals surface area contributed by atoms with Crippen molar-refractivity contribution in [3.8, 4) is 0 Å². The fraction of sp³-hybridized carbons (Fsp3) is 0.0769. The van der Waals surface area contributed by atoms with E-state index in [9.17, 15) is 13.2 Å². The van der Waals surface area contributed by atoms with E-state index in [1.807, 2.05) is 0 Å². The van der Waals surface area contributed by atoms with Gasteiger partial charge in [0.15, 0.2) is 5.15 Å². The minimum atomic E-state index is -3.95. The molecular formula is C13H11ClN2O4S. The Kier molecular flexibility index (Phi) is 4.15. The molecule has 2 N–H and O–H groups in total. The van der Waals surface area contributed by atoms with Crippen molar-refractivity contribution in [2.24, 2.45) is 0 Å². The molecule has 0 bridgehead atoms. The molecule has 2 rings (SSSR count). The van der Waals surface area contributed by atoms with E-state index >= 15 is 0 Å². The molecule has 0 unspecified atom stereocenters. The maximum Gasteiger partial charge on any atom is 0.335 e. The highest BCUT2D eigenvalue weighted by Crippen LogP contribution is 2.23. The molecule has 0 radical (unpaired) electrons. The molecule has 8 heteroatoms. The van der Waals surface area contributed by atoms with Crippen LogP contribution < -0.4 is 4.72 Å². The third-order valence-electron chi connectivity index (χ3n) is 2.75. The standard InChI is InChI=1S/C13H11ClN2O4S/c1-8-4-5-9(7-10(8)13(17)18)21(19,20)16-11-3-2-6-15-12(11)14/h2-7,16H,1H3,(H,17,18). The third-order valence-corrected chi connectivity index (χ3v) is 4.42. The fourth-order valence-corrected chi connectivity index (χ4v) is 2.98. The molecule has 1 aromatic carbocycles. The molecule has 0 aliphatic carbocycles. The van der Waals surface area contributed by atoms with Crippen molar-refractivity contribution in [3.63, 3.8) is 0 Å². The van der Waals surface area contributed by atoms with Gasteiger partial charge in [-0.2, -0.15) is 0 Å². The fourth-order valence-electron chi connectivity index (χ4n) is 1.66. The molecule has 0 amide bonds.